The zero-order valence-electron chi connectivity index (χ0n) is 9.89. The Morgan fingerprint density at radius 1 is 0.857 bits per heavy atom. The predicted octanol–water partition coefficient (Wildman–Crippen LogP) is 3.43. The Morgan fingerprint density at radius 3 is 1.29 bits per heavy atom. The maximum Gasteiger partial charge on any atom is 0.145 e. The van der Waals surface area contributed by atoms with Crippen LogP contribution in [0.1, 0.15) is 53.4 Å². The molecule has 0 bridgehead atoms. The van der Waals surface area contributed by atoms with Gasteiger partial charge in [-0.25, -0.2) is 0 Å². The van der Waals surface area contributed by atoms with Gasteiger partial charge in [-0.2, -0.15) is 0 Å². The van der Waals surface area contributed by atoms with Crippen molar-refractivity contribution in [2.24, 2.45) is 22.7 Å². The molecule has 0 amide bonds. The Hall–Kier alpha value is -0.330. The smallest absolute Gasteiger partial charge is 0.145 e. The van der Waals surface area contributed by atoms with Gasteiger partial charge in [0.05, 0.1) is 0 Å². The van der Waals surface area contributed by atoms with Crippen LogP contribution in [0.25, 0.3) is 0 Å². The third-order valence-electron chi connectivity index (χ3n) is 4.69. The number of carbonyl (C=O) groups excluding carboxylic acids is 1. The summed E-state index contributed by atoms with van der Waals surface area (Å²) in [4.78, 5) is 12.5. The molecule has 80 valence electrons. The van der Waals surface area contributed by atoms with E-state index in [9.17, 15) is 4.79 Å². The van der Waals surface area contributed by atoms with Gasteiger partial charge in [-0.3, -0.25) is 4.79 Å². The van der Waals surface area contributed by atoms with Crippen LogP contribution in [0.15, 0.2) is 0 Å². The predicted molar refractivity (Wildman–Crippen MR) is 58.0 cm³/mol. The summed E-state index contributed by atoms with van der Waals surface area (Å²) in [7, 11) is 0. The summed E-state index contributed by atoms with van der Waals surface area (Å²) in [6, 6.07) is 0. The second-order valence-electron chi connectivity index (χ2n) is 5.95. The van der Waals surface area contributed by atoms with Crippen molar-refractivity contribution in [2.75, 3.05) is 0 Å². The van der Waals surface area contributed by atoms with Crippen LogP contribution in [0.2, 0.25) is 0 Å². The number of ketones is 1. The number of rotatable bonds is 4. The van der Waals surface area contributed by atoms with Crippen LogP contribution in [0, 0.1) is 22.7 Å². The average molecular weight is 194 g/mol. The summed E-state index contributed by atoms with van der Waals surface area (Å²) < 4.78 is 0. The van der Waals surface area contributed by atoms with E-state index in [0.717, 1.165) is 25.7 Å². The molecule has 1 heteroatoms. The van der Waals surface area contributed by atoms with Crippen LogP contribution >= 0.6 is 0 Å². The van der Waals surface area contributed by atoms with Gasteiger partial charge < -0.3 is 0 Å². The van der Waals surface area contributed by atoms with Gasteiger partial charge in [0, 0.05) is 10.8 Å². The van der Waals surface area contributed by atoms with Crippen molar-refractivity contribution in [3.8, 4) is 0 Å². The molecule has 0 radical (unpaired) electrons. The monoisotopic (exact) mass is 194 g/mol. The maximum absolute atomic E-state index is 12.5. The summed E-state index contributed by atoms with van der Waals surface area (Å²) in [5.74, 6) is 1.70. The first-order valence-corrected chi connectivity index (χ1v) is 6.01. The number of Topliss-reactive ketones (excluding diaryl/α,β-unsaturated/α-hetero) is 1. The van der Waals surface area contributed by atoms with E-state index in [-0.39, 0.29) is 10.8 Å². The highest BCUT2D eigenvalue weighted by atomic mass is 16.1. The molecule has 0 spiro atoms. The Balaban J connectivity index is 2.17. The van der Waals surface area contributed by atoms with Gasteiger partial charge in [-0.05, 0) is 37.5 Å². The molecule has 2 fully saturated rings. The van der Waals surface area contributed by atoms with Crippen LogP contribution < -0.4 is 0 Å². The molecule has 0 aromatic heterocycles. The minimum Gasteiger partial charge on any atom is -0.298 e. The highest BCUT2D eigenvalue weighted by Gasteiger charge is 2.63. The summed E-state index contributed by atoms with van der Waals surface area (Å²) in [5, 5.41) is 0. The minimum atomic E-state index is 0.0980. The van der Waals surface area contributed by atoms with Gasteiger partial charge in [-0.1, -0.05) is 27.7 Å². The average Bonchev–Trinajstić information content (AvgIpc) is 3.00. The molecular formula is C13H22O. The van der Waals surface area contributed by atoms with Gasteiger partial charge in [0.25, 0.3) is 0 Å². The number of hydrogen-bond acceptors (Lipinski definition) is 1. The van der Waals surface area contributed by atoms with Crippen molar-refractivity contribution in [2.45, 2.75) is 53.4 Å². The fraction of sp³-hybridized carbons (Fsp3) is 0.923. The third kappa shape index (κ3) is 1.17. The Morgan fingerprint density at radius 2 is 1.14 bits per heavy atom. The van der Waals surface area contributed by atoms with Crippen molar-refractivity contribution in [1.29, 1.82) is 0 Å². The maximum atomic E-state index is 12.5. The summed E-state index contributed by atoms with van der Waals surface area (Å²) in [6.07, 6.45) is 4.60. The molecule has 0 aliphatic heterocycles. The SMILES string of the molecule is CC(C)C1(C(=O)C2(C(C)C)CC2)CC1. The molecule has 0 aromatic rings. The van der Waals surface area contributed by atoms with Crippen molar-refractivity contribution >= 4 is 5.78 Å². The normalized spacial score (nSPS) is 26.7. The summed E-state index contributed by atoms with van der Waals surface area (Å²) >= 11 is 0. The lowest BCUT2D eigenvalue weighted by molar-refractivity contribution is -0.132. The van der Waals surface area contributed by atoms with Gasteiger partial charge in [0.15, 0.2) is 0 Å². The molecule has 2 rings (SSSR count). The number of hydrogen-bond donors (Lipinski definition) is 0. The summed E-state index contributed by atoms with van der Waals surface area (Å²) in [5.41, 5.74) is 0.196. The largest absolute Gasteiger partial charge is 0.298 e. The molecule has 0 saturated heterocycles. The molecule has 1 nitrogen and oxygen atoms in total. The molecular weight excluding hydrogens is 172 g/mol. The second kappa shape index (κ2) is 2.84. The minimum absolute atomic E-state index is 0.0980. The van der Waals surface area contributed by atoms with E-state index < -0.39 is 0 Å². The zero-order valence-corrected chi connectivity index (χ0v) is 9.89. The topological polar surface area (TPSA) is 17.1 Å². The zero-order chi connectivity index (χ0) is 10.6. The molecule has 0 aromatic carbocycles. The Kier molecular flexibility index (Phi) is 2.06. The first-order chi connectivity index (χ1) is 6.46. The van der Waals surface area contributed by atoms with E-state index in [4.69, 9.17) is 0 Å². The highest BCUT2D eigenvalue weighted by Crippen LogP contribution is 2.64. The van der Waals surface area contributed by atoms with Crippen LogP contribution in [0.5, 0.6) is 0 Å². The van der Waals surface area contributed by atoms with Crippen LogP contribution in [-0.2, 0) is 4.79 Å². The highest BCUT2D eigenvalue weighted by molar-refractivity contribution is 5.95. The van der Waals surface area contributed by atoms with Gasteiger partial charge >= 0.3 is 0 Å². The second-order valence-corrected chi connectivity index (χ2v) is 5.95. The standard InChI is InChI=1S/C13H22O/c1-9(2)12(5-6-12)11(14)13(7-8-13)10(3)4/h9-10H,5-8H2,1-4H3. The van der Waals surface area contributed by atoms with Gasteiger partial charge in [0.1, 0.15) is 5.78 Å². The van der Waals surface area contributed by atoms with E-state index in [1.807, 2.05) is 0 Å². The quantitative estimate of drug-likeness (QED) is 0.670. The van der Waals surface area contributed by atoms with E-state index in [1.165, 1.54) is 0 Å². The van der Waals surface area contributed by atoms with Crippen molar-refractivity contribution in [3.05, 3.63) is 0 Å². The lowest BCUT2D eigenvalue weighted by Gasteiger charge is -2.27. The molecule has 14 heavy (non-hydrogen) atoms. The van der Waals surface area contributed by atoms with Crippen molar-refractivity contribution in [1.82, 2.24) is 0 Å². The van der Waals surface area contributed by atoms with Crippen LogP contribution in [-0.4, -0.2) is 5.78 Å². The molecule has 2 saturated carbocycles. The Bertz CT molecular complexity index is 228. The molecule has 2 aliphatic carbocycles. The number of carbonyl (C=O) groups is 1. The van der Waals surface area contributed by atoms with E-state index in [2.05, 4.69) is 27.7 Å². The van der Waals surface area contributed by atoms with E-state index in [1.54, 1.807) is 0 Å². The summed E-state index contributed by atoms with van der Waals surface area (Å²) in [6.45, 7) is 8.84. The molecule has 0 N–H and O–H groups in total. The molecule has 0 heterocycles. The molecule has 0 atom stereocenters. The third-order valence-corrected chi connectivity index (χ3v) is 4.69. The van der Waals surface area contributed by atoms with Crippen molar-refractivity contribution in [3.63, 3.8) is 0 Å². The van der Waals surface area contributed by atoms with E-state index >= 15 is 0 Å². The first kappa shape index (κ1) is 10.2. The molecule has 0 unspecified atom stereocenters. The van der Waals surface area contributed by atoms with Crippen LogP contribution in [0.3, 0.4) is 0 Å². The van der Waals surface area contributed by atoms with Crippen LogP contribution in [0.4, 0.5) is 0 Å². The lowest BCUT2D eigenvalue weighted by atomic mass is 9.75. The van der Waals surface area contributed by atoms with Gasteiger partial charge in [-0.15, -0.1) is 0 Å². The first-order valence-electron chi connectivity index (χ1n) is 6.01. The Labute approximate surface area is 87.3 Å². The fourth-order valence-corrected chi connectivity index (χ4v) is 2.90. The van der Waals surface area contributed by atoms with Gasteiger partial charge in [0.2, 0.25) is 0 Å². The lowest BCUT2D eigenvalue weighted by Crippen LogP contribution is -2.33. The fourth-order valence-electron chi connectivity index (χ4n) is 2.90. The van der Waals surface area contributed by atoms with E-state index in [0.29, 0.717) is 17.6 Å². The molecule has 2 aliphatic rings. The van der Waals surface area contributed by atoms with Crippen molar-refractivity contribution < 1.29 is 4.79 Å².